The Morgan fingerprint density at radius 2 is 2.00 bits per heavy atom. The lowest BCUT2D eigenvalue weighted by molar-refractivity contribution is 0.0979. The van der Waals surface area contributed by atoms with Crippen LogP contribution < -0.4 is 5.73 Å². The largest absolute Gasteiger partial charge is 0.329 e. The summed E-state index contributed by atoms with van der Waals surface area (Å²) in [7, 11) is 0. The molecule has 1 aromatic heterocycles. The first kappa shape index (κ1) is 14.6. The Hall–Kier alpha value is -0.380. The SMILES string of the molecule is CC1CCC(C(CN)N(Cc2ccsc2)C2CC2)CC1. The molecule has 20 heavy (non-hydrogen) atoms. The smallest absolute Gasteiger partial charge is 0.0253 e. The number of nitrogens with two attached hydrogens (primary N) is 1. The summed E-state index contributed by atoms with van der Waals surface area (Å²) < 4.78 is 0. The van der Waals surface area contributed by atoms with E-state index >= 15 is 0 Å². The van der Waals surface area contributed by atoms with Gasteiger partial charge in [-0.15, -0.1) is 0 Å². The molecule has 1 atom stereocenters. The van der Waals surface area contributed by atoms with Crippen molar-refractivity contribution in [3.8, 4) is 0 Å². The van der Waals surface area contributed by atoms with Gasteiger partial charge in [0.15, 0.2) is 0 Å². The highest BCUT2D eigenvalue weighted by Crippen LogP contribution is 2.37. The molecule has 0 aliphatic heterocycles. The summed E-state index contributed by atoms with van der Waals surface area (Å²) in [6, 6.07) is 3.69. The second kappa shape index (κ2) is 6.59. The molecule has 0 saturated heterocycles. The average molecular weight is 292 g/mol. The van der Waals surface area contributed by atoms with Crippen molar-refractivity contribution >= 4 is 11.3 Å². The summed E-state index contributed by atoms with van der Waals surface area (Å²) in [5.41, 5.74) is 7.67. The van der Waals surface area contributed by atoms with Crippen molar-refractivity contribution in [2.24, 2.45) is 17.6 Å². The fourth-order valence-corrected chi connectivity index (χ4v) is 4.45. The van der Waals surface area contributed by atoms with Crippen LogP contribution in [0.25, 0.3) is 0 Å². The van der Waals surface area contributed by atoms with E-state index in [1.54, 1.807) is 0 Å². The van der Waals surface area contributed by atoms with Gasteiger partial charge in [0, 0.05) is 25.2 Å². The molecule has 2 saturated carbocycles. The molecular weight excluding hydrogens is 264 g/mol. The summed E-state index contributed by atoms with van der Waals surface area (Å²) in [5, 5.41) is 4.49. The molecule has 0 amide bonds. The molecule has 0 spiro atoms. The predicted molar refractivity (Wildman–Crippen MR) is 86.8 cm³/mol. The van der Waals surface area contributed by atoms with Gasteiger partial charge in [0.25, 0.3) is 0 Å². The van der Waals surface area contributed by atoms with Crippen molar-refractivity contribution in [1.82, 2.24) is 4.90 Å². The van der Waals surface area contributed by atoms with E-state index in [0.717, 1.165) is 31.0 Å². The van der Waals surface area contributed by atoms with Crippen LogP contribution in [0, 0.1) is 11.8 Å². The molecule has 1 unspecified atom stereocenters. The fourth-order valence-electron chi connectivity index (χ4n) is 3.79. The van der Waals surface area contributed by atoms with E-state index < -0.39 is 0 Å². The molecule has 2 fully saturated rings. The molecule has 2 aliphatic carbocycles. The van der Waals surface area contributed by atoms with E-state index in [2.05, 4.69) is 28.7 Å². The van der Waals surface area contributed by atoms with Crippen LogP contribution in [-0.2, 0) is 6.54 Å². The Kier molecular flexibility index (Phi) is 4.79. The van der Waals surface area contributed by atoms with Crippen LogP contribution in [0.4, 0.5) is 0 Å². The summed E-state index contributed by atoms with van der Waals surface area (Å²) in [6.45, 7) is 4.35. The number of rotatable bonds is 6. The first-order chi connectivity index (χ1) is 9.78. The molecule has 0 aromatic carbocycles. The molecular formula is C17H28N2S. The molecule has 2 nitrogen and oxygen atoms in total. The normalized spacial score (nSPS) is 28.8. The fraction of sp³-hybridized carbons (Fsp3) is 0.765. The highest BCUT2D eigenvalue weighted by atomic mass is 32.1. The number of hydrogen-bond acceptors (Lipinski definition) is 3. The van der Waals surface area contributed by atoms with Crippen LogP contribution in [0.1, 0.15) is 51.0 Å². The summed E-state index contributed by atoms with van der Waals surface area (Å²) >= 11 is 1.81. The van der Waals surface area contributed by atoms with Gasteiger partial charge in [-0.25, -0.2) is 0 Å². The van der Waals surface area contributed by atoms with E-state index in [9.17, 15) is 0 Å². The maximum atomic E-state index is 6.19. The minimum atomic E-state index is 0.606. The third kappa shape index (κ3) is 3.44. The van der Waals surface area contributed by atoms with Gasteiger partial charge in [0.2, 0.25) is 0 Å². The first-order valence-corrected chi connectivity index (χ1v) is 9.19. The van der Waals surface area contributed by atoms with Crippen molar-refractivity contribution in [3.63, 3.8) is 0 Å². The van der Waals surface area contributed by atoms with E-state index in [-0.39, 0.29) is 0 Å². The molecule has 2 aliphatic rings. The topological polar surface area (TPSA) is 29.3 Å². The van der Waals surface area contributed by atoms with Crippen molar-refractivity contribution in [2.45, 2.75) is 64.1 Å². The third-order valence-corrected chi connectivity index (χ3v) is 5.97. The van der Waals surface area contributed by atoms with Crippen molar-refractivity contribution in [1.29, 1.82) is 0 Å². The Bertz CT molecular complexity index is 391. The predicted octanol–water partition coefficient (Wildman–Crippen LogP) is 3.87. The Labute approximate surface area is 127 Å². The zero-order chi connectivity index (χ0) is 13.9. The number of hydrogen-bond donors (Lipinski definition) is 1. The molecule has 1 aromatic rings. The van der Waals surface area contributed by atoms with Crippen LogP contribution in [0.5, 0.6) is 0 Å². The highest BCUT2D eigenvalue weighted by molar-refractivity contribution is 7.07. The minimum Gasteiger partial charge on any atom is -0.329 e. The second-order valence-corrected chi connectivity index (χ2v) is 7.64. The number of thiophene rings is 1. The van der Waals surface area contributed by atoms with Gasteiger partial charge < -0.3 is 5.73 Å². The van der Waals surface area contributed by atoms with E-state index in [1.165, 1.54) is 44.1 Å². The van der Waals surface area contributed by atoms with E-state index in [0.29, 0.717) is 6.04 Å². The van der Waals surface area contributed by atoms with Crippen molar-refractivity contribution in [2.75, 3.05) is 6.54 Å². The third-order valence-electron chi connectivity index (χ3n) is 5.23. The second-order valence-electron chi connectivity index (χ2n) is 6.86. The average Bonchev–Trinajstić information content (AvgIpc) is 3.18. The van der Waals surface area contributed by atoms with Gasteiger partial charge in [0.1, 0.15) is 0 Å². The Morgan fingerprint density at radius 1 is 1.25 bits per heavy atom. The molecule has 0 radical (unpaired) electrons. The molecule has 3 heteroatoms. The van der Waals surface area contributed by atoms with Crippen molar-refractivity contribution < 1.29 is 0 Å². The summed E-state index contributed by atoms with van der Waals surface area (Å²) in [6.07, 6.45) is 8.33. The van der Waals surface area contributed by atoms with Gasteiger partial charge in [-0.05, 0) is 59.9 Å². The molecule has 0 bridgehead atoms. The van der Waals surface area contributed by atoms with Crippen LogP contribution >= 0.6 is 11.3 Å². The van der Waals surface area contributed by atoms with Crippen LogP contribution in [0.15, 0.2) is 16.8 Å². The highest BCUT2D eigenvalue weighted by Gasteiger charge is 2.37. The lowest BCUT2D eigenvalue weighted by Crippen LogP contribution is -2.47. The standard InChI is InChI=1S/C17H28N2S/c1-13-2-4-15(5-3-13)17(10-18)19(16-6-7-16)11-14-8-9-20-12-14/h8-9,12-13,15-17H,2-7,10-11,18H2,1H3. The van der Waals surface area contributed by atoms with E-state index in [4.69, 9.17) is 5.73 Å². The maximum Gasteiger partial charge on any atom is 0.0253 e. The quantitative estimate of drug-likeness (QED) is 0.862. The zero-order valence-electron chi connectivity index (χ0n) is 12.6. The summed E-state index contributed by atoms with van der Waals surface area (Å²) in [4.78, 5) is 2.74. The first-order valence-electron chi connectivity index (χ1n) is 8.24. The lowest BCUT2D eigenvalue weighted by atomic mass is 9.78. The van der Waals surface area contributed by atoms with Gasteiger partial charge in [-0.1, -0.05) is 19.8 Å². The van der Waals surface area contributed by atoms with Gasteiger partial charge in [-0.2, -0.15) is 11.3 Å². The Balaban J connectivity index is 1.67. The molecule has 3 rings (SSSR count). The molecule has 112 valence electrons. The van der Waals surface area contributed by atoms with Crippen LogP contribution in [0.2, 0.25) is 0 Å². The lowest BCUT2D eigenvalue weighted by Gasteiger charge is -2.39. The monoisotopic (exact) mass is 292 g/mol. The van der Waals surface area contributed by atoms with Crippen LogP contribution in [0.3, 0.4) is 0 Å². The van der Waals surface area contributed by atoms with E-state index in [1.807, 2.05) is 11.3 Å². The molecule has 2 N–H and O–H groups in total. The zero-order valence-corrected chi connectivity index (χ0v) is 13.4. The number of nitrogens with zero attached hydrogens (tertiary/aromatic N) is 1. The van der Waals surface area contributed by atoms with Crippen molar-refractivity contribution in [3.05, 3.63) is 22.4 Å². The van der Waals surface area contributed by atoms with Gasteiger partial charge in [-0.3, -0.25) is 4.90 Å². The van der Waals surface area contributed by atoms with Gasteiger partial charge >= 0.3 is 0 Å². The molecule has 1 heterocycles. The minimum absolute atomic E-state index is 0.606. The maximum absolute atomic E-state index is 6.19. The van der Waals surface area contributed by atoms with Gasteiger partial charge in [0.05, 0.1) is 0 Å². The summed E-state index contributed by atoms with van der Waals surface area (Å²) in [5.74, 6) is 1.76. The Morgan fingerprint density at radius 3 is 2.55 bits per heavy atom. The van der Waals surface area contributed by atoms with Crippen LogP contribution in [-0.4, -0.2) is 23.5 Å².